The number of benzene rings is 1. The summed E-state index contributed by atoms with van der Waals surface area (Å²) in [6.07, 6.45) is 1.47. The number of sulfonamides is 1. The lowest BCUT2D eigenvalue weighted by atomic mass is 10.3. The molecule has 25 heavy (non-hydrogen) atoms. The highest BCUT2D eigenvalue weighted by Crippen LogP contribution is 2.31. The van der Waals surface area contributed by atoms with E-state index in [4.69, 9.17) is 4.42 Å². The summed E-state index contributed by atoms with van der Waals surface area (Å²) in [7, 11) is -3.20. The lowest BCUT2D eigenvalue weighted by Gasteiger charge is -2.34. The average molecular weight is 365 g/mol. The van der Waals surface area contributed by atoms with Crippen molar-refractivity contribution in [2.24, 2.45) is 0 Å². The molecule has 134 valence electrons. The normalized spacial score (nSPS) is 19.4. The van der Waals surface area contributed by atoms with Crippen LogP contribution in [0.3, 0.4) is 0 Å². The maximum Gasteiger partial charge on any atom is 0.420 e. The summed E-state index contributed by atoms with van der Waals surface area (Å²) in [5, 5.41) is -0.231. The molecule has 1 aliphatic carbocycles. The van der Waals surface area contributed by atoms with Crippen LogP contribution in [0.4, 0.5) is 0 Å². The van der Waals surface area contributed by atoms with Crippen LogP contribution in [0.2, 0.25) is 0 Å². The van der Waals surface area contributed by atoms with E-state index in [0.717, 1.165) is 12.8 Å². The molecule has 8 nitrogen and oxygen atoms in total. The Bertz CT molecular complexity index is 965. The Balaban J connectivity index is 1.44. The first-order valence-electron chi connectivity index (χ1n) is 8.32. The van der Waals surface area contributed by atoms with Crippen molar-refractivity contribution in [2.75, 3.05) is 26.2 Å². The molecule has 1 aromatic carbocycles. The van der Waals surface area contributed by atoms with Gasteiger partial charge in [-0.3, -0.25) is 9.36 Å². The molecule has 1 aliphatic heterocycles. The van der Waals surface area contributed by atoms with Crippen LogP contribution in [-0.4, -0.2) is 59.5 Å². The number of amides is 1. The second-order valence-corrected chi connectivity index (χ2v) is 8.66. The van der Waals surface area contributed by atoms with Gasteiger partial charge in [-0.05, 0) is 25.0 Å². The number of oxazole rings is 1. The van der Waals surface area contributed by atoms with Gasteiger partial charge in [0.1, 0.15) is 6.54 Å². The first-order chi connectivity index (χ1) is 12.0. The number of carbonyl (C=O) groups excluding carboxylic acids is 1. The Morgan fingerprint density at radius 2 is 1.80 bits per heavy atom. The van der Waals surface area contributed by atoms with E-state index in [1.807, 2.05) is 0 Å². The first kappa shape index (κ1) is 16.3. The molecule has 0 atom stereocenters. The lowest BCUT2D eigenvalue weighted by molar-refractivity contribution is -0.133. The zero-order chi connectivity index (χ0) is 17.6. The van der Waals surface area contributed by atoms with Gasteiger partial charge in [-0.25, -0.2) is 13.2 Å². The summed E-state index contributed by atoms with van der Waals surface area (Å²) in [4.78, 5) is 26.1. The fourth-order valence-electron chi connectivity index (χ4n) is 3.17. The molecule has 0 radical (unpaired) electrons. The molecule has 2 heterocycles. The molecular weight excluding hydrogens is 346 g/mol. The molecule has 0 unspecified atom stereocenters. The molecule has 0 bridgehead atoms. The predicted octanol–water partition coefficient (Wildman–Crippen LogP) is 0.231. The third-order valence-electron chi connectivity index (χ3n) is 4.76. The number of rotatable bonds is 4. The summed E-state index contributed by atoms with van der Waals surface area (Å²) in [6.45, 7) is 1.20. The third kappa shape index (κ3) is 2.98. The summed E-state index contributed by atoms with van der Waals surface area (Å²) in [5.74, 6) is -0.776. The minimum absolute atomic E-state index is 0.106. The average Bonchev–Trinajstić information content (AvgIpc) is 3.42. The zero-order valence-electron chi connectivity index (χ0n) is 13.6. The van der Waals surface area contributed by atoms with Crippen molar-refractivity contribution < 1.29 is 17.6 Å². The molecule has 1 amide bonds. The molecule has 1 saturated carbocycles. The van der Waals surface area contributed by atoms with Crippen LogP contribution in [-0.2, 0) is 21.4 Å². The second kappa shape index (κ2) is 5.99. The monoisotopic (exact) mass is 365 g/mol. The van der Waals surface area contributed by atoms with E-state index in [9.17, 15) is 18.0 Å². The van der Waals surface area contributed by atoms with Crippen LogP contribution >= 0.6 is 0 Å². The topological polar surface area (TPSA) is 92.8 Å². The van der Waals surface area contributed by atoms with Gasteiger partial charge in [-0.2, -0.15) is 4.31 Å². The molecule has 0 spiro atoms. The van der Waals surface area contributed by atoms with Crippen LogP contribution in [0.5, 0.6) is 0 Å². The van der Waals surface area contributed by atoms with Crippen molar-refractivity contribution in [3.8, 4) is 0 Å². The minimum Gasteiger partial charge on any atom is -0.408 e. The van der Waals surface area contributed by atoms with Crippen molar-refractivity contribution in [1.82, 2.24) is 13.8 Å². The first-order valence-corrected chi connectivity index (χ1v) is 9.82. The van der Waals surface area contributed by atoms with Crippen LogP contribution in [0.1, 0.15) is 12.8 Å². The van der Waals surface area contributed by atoms with Gasteiger partial charge in [0.15, 0.2) is 5.58 Å². The minimum atomic E-state index is -3.20. The number of aromatic nitrogens is 1. The van der Waals surface area contributed by atoms with Crippen LogP contribution in [0, 0.1) is 0 Å². The van der Waals surface area contributed by atoms with Gasteiger partial charge in [-0.15, -0.1) is 0 Å². The predicted molar refractivity (Wildman–Crippen MR) is 90.6 cm³/mol. The van der Waals surface area contributed by atoms with Gasteiger partial charge < -0.3 is 9.32 Å². The highest BCUT2D eigenvalue weighted by atomic mass is 32.2. The largest absolute Gasteiger partial charge is 0.420 e. The maximum atomic E-state index is 12.5. The van der Waals surface area contributed by atoms with Gasteiger partial charge in [0, 0.05) is 26.2 Å². The maximum absolute atomic E-state index is 12.5. The number of para-hydroxylation sites is 2. The standard InChI is InChI=1S/C16H19N3O5S/c20-15(11-19-13-3-1-2-4-14(13)24-16(19)21)17-7-9-18(10-8-17)25(22,23)12-5-6-12/h1-4,12H,5-11H2. The van der Waals surface area contributed by atoms with Crippen LogP contribution in [0.15, 0.2) is 33.5 Å². The van der Waals surface area contributed by atoms with Gasteiger partial charge >= 0.3 is 5.76 Å². The quantitative estimate of drug-likeness (QED) is 0.773. The second-order valence-electron chi connectivity index (χ2n) is 6.45. The van der Waals surface area contributed by atoms with E-state index in [2.05, 4.69) is 0 Å². The fraction of sp³-hybridized carbons (Fsp3) is 0.500. The van der Waals surface area contributed by atoms with Crippen LogP contribution in [0.25, 0.3) is 11.1 Å². The lowest BCUT2D eigenvalue weighted by Crippen LogP contribution is -2.52. The van der Waals surface area contributed by atoms with Crippen molar-refractivity contribution in [2.45, 2.75) is 24.6 Å². The van der Waals surface area contributed by atoms with Gasteiger partial charge in [0.2, 0.25) is 15.9 Å². The Morgan fingerprint density at radius 3 is 2.48 bits per heavy atom. The number of hydrogen-bond donors (Lipinski definition) is 0. The molecule has 2 aliphatic rings. The third-order valence-corrected chi connectivity index (χ3v) is 7.16. The Labute approximate surface area is 144 Å². The smallest absolute Gasteiger partial charge is 0.408 e. The van der Waals surface area contributed by atoms with E-state index in [1.165, 1.54) is 8.87 Å². The van der Waals surface area contributed by atoms with Gasteiger partial charge in [0.25, 0.3) is 0 Å². The molecule has 2 aromatic rings. The van der Waals surface area contributed by atoms with Crippen molar-refractivity contribution in [3.05, 3.63) is 34.8 Å². The molecule has 1 saturated heterocycles. The number of fused-ring (bicyclic) bond motifs is 1. The molecule has 1 aromatic heterocycles. The van der Waals surface area contributed by atoms with E-state index in [-0.39, 0.29) is 17.7 Å². The summed E-state index contributed by atoms with van der Waals surface area (Å²) >= 11 is 0. The van der Waals surface area contributed by atoms with Gasteiger partial charge in [-0.1, -0.05) is 12.1 Å². The SMILES string of the molecule is O=C(Cn1c(=O)oc2ccccc21)N1CCN(S(=O)(=O)C2CC2)CC1. The van der Waals surface area contributed by atoms with Crippen molar-refractivity contribution in [3.63, 3.8) is 0 Å². The number of carbonyl (C=O) groups is 1. The molecule has 2 fully saturated rings. The molecular formula is C16H19N3O5S. The Kier molecular flexibility index (Phi) is 3.92. The highest BCUT2D eigenvalue weighted by Gasteiger charge is 2.41. The number of hydrogen-bond acceptors (Lipinski definition) is 5. The molecule has 9 heteroatoms. The summed E-state index contributed by atoms with van der Waals surface area (Å²) in [5.41, 5.74) is 1.02. The van der Waals surface area contributed by atoms with E-state index in [0.29, 0.717) is 37.3 Å². The summed E-state index contributed by atoms with van der Waals surface area (Å²) in [6, 6.07) is 6.95. The number of piperazine rings is 1. The summed E-state index contributed by atoms with van der Waals surface area (Å²) < 4.78 is 32.4. The highest BCUT2D eigenvalue weighted by molar-refractivity contribution is 7.90. The molecule has 4 rings (SSSR count). The Morgan fingerprint density at radius 1 is 1.12 bits per heavy atom. The van der Waals surface area contributed by atoms with E-state index in [1.54, 1.807) is 29.2 Å². The Hall–Kier alpha value is -2.13. The van der Waals surface area contributed by atoms with Gasteiger partial charge in [0.05, 0.1) is 10.8 Å². The van der Waals surface area contributed by atoms with Crippen molar-refractivity contribution >= 4 is 27.0 Å². The number of nitrogens with zero attached hydrogens (tertiary/aromatic N) is 3. The fourth-order valence-corrected chi connectivity index (χ4v) is 4.99. The zero-order valence-corrected chi connectivity index (χ0v) is 14.4. The van der Waals surface area contributed by atoms with Crippen molar-refractivity contribution in [1.29, 1.82) is 0 Å². The van der Waals surface area contributed by atoms with E-state index < -0.39 is 15.8 Å². The van der Waals surface area contributed by atoms with E-state index >= 15 is 0 Å². The van der Waals surface area contributed by atoms with Crippen LogP contribution < -0.4 is 5.76 Å². The molecule has 0 N–H and O–H groups in total.